The highest BCUT2D eigenvalue weighted by molar-refractivity contribution is 5.76. The highest BCUT2D eigenvalue weighted by atomic mass is 16.7. The van der Waals surface area contributed by atoms with E-state index < -0.39 is 0 Å². The quantitative estimate of drug-likeness (QED) is 0.353. The normalized spacial score (nSPS) is 12.2. The van der Waals surface area contributed by atoms with Crippen LogP contribution in [0.2, 0.25) is 0 Å². The van der Waals surface area contributed by atoms with E-state index in [2.05, 4.69) is 4.98 Å². The largest absolute Gasteiger partial charge is 0.457 e. The van der Waals surface area contributed by atoms with Gasteiger partial charge >= 0.3 is 0 Å². The van der Waals surface area contributed by atoms with Gasteiger partial charge in [-0.1, -0.05) is 18.2 Å². The summed E-state index contributed by atoms with van der Waals surface area (Å²) in [5.74, 6) is 3.78. The number of hydrogen-bond acceptors (Lipinski definition) is 6. The van der Waals surface area contributed by atoms with Crippen molar-refractivity contribution >= 4 is 17.2 Å². The van der Waals surface area contributed by atoms with Gasteiger partial charge in [-0.2, -0.15) is 0 Å². The Morgan fingerprint density at radius 3 is 2.55 bits per heavy atom. The Hall–Kier alpha value is -4.52. The van der Waals surface area contributed by atoms with Crippen molar-refractivity contribution in [3.05, 3.63) is 91.4 Å². The Balaban J connectivity index is 1.35. The first-order valence-corrected chi connectivity index (χ1v) is 10.5. The van der Waals surface area contributed by atoms with E-state index in [4.69, 9.17) is 19.2 Å². The maximum atomic E-state index is 5.92. The Morgan fingerprint density at radius 2 is 1.70 bits per heavy atom. The zero-order chi connectivity index (χ0) is 22.2. The number of rotatable bonds is 5. The van der Waals surface area contributed by atoms with Crippen LogP contribution in [0.4, 0.5) is 11.5 Å². The highest BCUT2D eigenvalue weighted by Gasteiger charge is 2.18. The molecule has 1 aliphatic rings. The molecule has 0 amide bonds. The molecule has 2 aromatic heterocycles. The molecular weight excluding hydrogens is 416 g/mol. The topological polar surface area (TPSA) is 61.1 Å². The zero-order valence-electron chi connectivity index (χ0n) is 17.9. The molecule has 0 fully saturated rings. The Kier molecular flexibility index (Phi) is 4.58. The third-order valence-corrected chi connectivity index (χ3v) is 5.55. The average molecular weight is 436 g/mol. The molecule has 3 heterocycles. The second kappa shape index (κ2) is 7.87. The fourth-order valence-corrected chi connectivity index (χ4v) is 3.81. The predicted octanol–water partition coefficient (Wildman–Crippen LogP) is 5.69. The number of para-hydroxylation sites is 1. The highest BCUT2D eigenvalue weighted by Crippen LogP contribution is 2.37. The summed E-state index contributed by atoms with van der Waals surface area (Å²) in [5, 5.41) is 0. The van der Waals surface area contributed by atoms with E-state index in [1.165, 1.54) is 0 Å². The lowest BCUT2D eigenvalue weighted by molar-refractivity contribution is 0.174. The summed E-state index contributed by atoms with van der Waals surface area (Å²) in [6.45, 7) is 0.241. The minimum Gasteiger partial charge on any atom is -0.457 e. The summed E-state index contributed by atoms with van der Waals surface area (Å²) in [6, 6.07) is 23.5. The van der Waals surface area contributed by atoms with Crippen LogP contribution in [0, 0.1) is 0 Å². The van der Waals surface area contributed by atoms with Crippen LogP contribution in [-0.4, -0.2) is 28.2 Å². The van der Waals surface area contributed by atoms with E-state index in [9.17, 15) is 0 Å². The van der Waals surface area contributed by atoms with Gasteiger partial charge in [0.15, 0.2) is 23.0 Å². The van der Waals surface area contributed by atoms with Crippen molar-refractivity contribution in [1.82, 2.24) is 14.4 Å². The van der Waals surface area contributed by atoms with Crippen molar-refractivity contribution in [3.63, 3.8) is 0 Å². The van der Waals surface area contributed by atoms with Crippen molar-refractivity contribution in [2.75, 3.05) is 18.7 Å². The van der Waals surface area contributed by atoms with Crippen LogP contribution in [0.1, 0.15) is 0 Å². The number of benzene rings is 3. The van der Waals surface area contributed by atoms with E-state index in [1.807, 2.05) is 102 Å². The molecular formula is C26H20N4O3. The van der Waals surface area contributed by atoms with Crippen molar-refractivity contribution in [2.45, 2.75) is 0 Å². The van der Waals surface area contributed by atoms with Gasteiger partial charge in [-0.3, -0.25) is 0 Å². The Morgan fingerprint density at radius 1 is 0.909 bits per heavy atom. The van der Waals surface area contributed by atoms with Crippen molar-refractivity contribution in [2.24, 2.45) is 0 Å². The van der Waals surface area contributed by atoms with Gasteiger partial charge in [0.2, 0.25) is 6.79 Å². The van der Waals surface area contributed by atoms with Crippen LogP contribution in [0.5, 0.6) is 23.0 Å². The third kappa shape index (κ3) is 3.59. The molecule has 1 aliphatic heterocycles. The summed E-state index contributed by atoms with van der Waals surface area (Å²) < 4.78 is 18.9. The fourth-order valence-electron chi connectivity index (χ4n) is 3.81. The lowest BCUT2D eigenvalue weighted by Gasteiger charge is -2.20. The van der Waals surface area contributed by atoms with E-state index >= 15 is 0 Å². The fraction of sp³-hybridized carbons (Fsp3) is 0.0769. The minimum absolute atomic E-state index is 0.241. The van der Waals surface area contributed by atoms with E-state index in [0.29, 0.717) is 0 Å². The molecule has 0 saturated heterocycles. The maximum absolute atomic E-state index is 5.92. The first-order chi connectivity index (χ1) is 16.2. The number of aromatic nitrogens is 3. The van der Waals surface area contributed by atoms with Gasteiger partial charge in [-0.05, 0) is 48.5 Å². The average Bonchev–Trinajstić information content (AvgIpc) is 3.53. The number of fused-ring (bicyclic) bond motifs is 2. The Labute approximate surface area is 190 Å². The van der Waals surface area contributed by atoms with Gasteiger partial charge < -0.3 is 23.5 Å². The second-order valence-corrected chi connectivity index (χ2v) is 7.64. The van der Waals surface area contributed by atoms with E-state index in [1.54, 1.807) is 6.20 Å². The number of ether oxygens (including phenoxy) is 3. The molecule has 7 nitrogen and oxygen atoms in total. The lowest BCUT2D eigenvalue weighted by Crippen LogP contribution is -2.13. The van der Waals surface area contributed by atoms with Crippen LogP contribution in [0.25, 0.3) is 16.9 Å². The maximum Gasteiger partial charge on any atom is 0.231 e. The van der Waals surface area contributed by atoms with Gasteiger partial charge in [-0.25, -0.2) is 9.97 Å². The number of hydrogen-bond donors (Lipinski definition) is 0. The molecule has 0 spiro atoms. The Bertz CT molecular complexity index is 1430. The first kappa shape index (κ1) is 19.2. The molecule has 0 unspecified atom stereocenters. The number of imidazole rings is 1. The van der Waals surface area contributed by atoms with E-state index in [-0.39, 0.29) is 6.79 Å². The molecule has 3 aromatic carbocycles. The molecule has 0 radical (unpaired) electrons. The molecule has 7 heteroatoms. The molecule has 5 aromatic rings. The third-order valence-electron chi connectivity index (χ3n) is 5.55. The molecule has 0 N–H and O–H groups in total. The number of nitrogens with zero attached hydrogens (tertiary/aromatic N) is 4. The van der Waals surface area contributed by atoms with Gasteiger partial charge in [0.25, 0.3) is 0 Å². The van der Waals surface area contributed by atoms with Crippen LogP contribution in [0.15, 0.2) is 91.4 Å². The molecule has 162 valence electrons. The lowest BCUT2D eigenvalue weighted by atomic mass is 10.1. The zero-order valence-corrected chi connectivity index (χ0v) is 17.9. The van der Waals surface area contributed by atoms with Gasteiger partial charge in [-0.15, -0.1) is 0 Å². The monoisotopic (exact) mass is 436 g/mol. The van der Waals surface area contributed by atoms with E-state index in [0.717, 1.165) is 51.4 Å². The van der Waals surface area contributed by atoms with Crippen molar-refractivity contribution in [3.8, 4) is 34.3 Å². The van der Waals surface area contributed by atoms with Gasteiger partial charge in [0.1, 0.15) is 11.5 Å². The first-order valence-electron chi connectivity index (χ1n) is 10.5. The van der Waals surface area contributed by atoms with Gasteiger partial charge in [0, 0.05) is 43.0 Å². The minimum atomic E-state index is 0.241. The molecule has 0 atom stereocenters. The van der Waals surface area contributed by atoms with Crippen molar-refractivity contribution in [1.29, 1.82) is 0 Å². The standard InChI is InChI=1S/C26H20N4O3/c1-29(19-9-12-23-24(15-19)32-17-31-23)26-25-27-13-14-30(25)16-22(28-26)18-7-10-21(11-8-18)33-20-5-3-2-4-6-20/h2-16H,17H2,1H3. The molecule has 0 saturated carbocycles. The van der Waals surface area contributed by atoms with Gasteiger partial charge in [0.05, 0.1) is 5.69 Å². The molecule has 6 rings (SSSR count). The summed E-state index contributed by atoms with van der Waals surface area (Å²) in [5.41, 5.74) is 3.50. The van der Waals surface area contributed by atoms with Crippen LogP contribution in [0.3, 0.4) is 0 Å². The van der Waals surface area contributed by atoms with Crippen molar-refractivity contribution < 1.29 is 14.2 Å². The molecule has 0 aliphatic carbocycles. The number of anilines is 2. The summed E-state index contributed by atoms with van der Waals surface area (Å²) in [6.07, 6.45) is 5.67. The summed E-state index contributed by atoms with van der Waals surface area (Å²) in [7, 11) is 1.97. The second-order valence-electron chi connectivity index (χ2n) is 7.64. The summed E-state index contributed by atoms with van der Waals surface area (Å²) >= 11 is 0. The summed E-state index contributed by atoms with van der Waals surface area (Å²) in [4.78, 5) is 11.5. The molecule has 33 heavy (non-hydrogen) atoms. The SMILES string of the molecule is CN(c1ccc2c(c1)OCO2)c1nc(-c2ccc(Oc3ccccc3)cc2)cn2ccnc12. The van der Waals surface area contributed by atoms with Crippen LogP contribution < -0.4 is 19.1 Å². The molecule has 0 bridgehead atoms. The van der Waals surface area contributed by atoms with Crippen LogP contribution >= 0.6 is 0 Å². The predicted molar refractivity (Wildman–Crippen MR) is 126 cm³/mol. The smallest absolute Gasteiger partial charge is 0.231 e. The van der Waals surface area contributed by atoms with Crippen LogP contribution in [-0.2, 0) is 0 Å².